The first kappa shape index (κ1) is 15.8. The summed E-state index contributed by atoms with van der Waals surface area (Å²) in [6.45, 7) is 6.87. The highest BCUT2D eigenvalue weighted by molar-refractivity contribution is 5.49. The Morgan fingerprint density at radius 1 is 1.05 bits per heavy atom. The summed E-state index contributed by atoms with van der Waals surface area (Å²) < 4.78 is 24.9. The third-order valence-electron chi connectivity index (χ3n) is 2.89. The molecule has 0 saturated heterocycles. The van der Waals surface area contributed by atoms with Gasteiger partial charge in [0.05, 0.1) is 14.2 Å². The van der Waals surface area contributed by atoms with Crippen molar-refractivity contribution in [3.63, 3.8) is 0 Å². The molecule has 1 aromatic rings. The first-order chi connectivity index (χ1) is 8.58. The molecule has 19 heavy (non-hydrogen) atoms. The second-order valence-corrected chi connectivity index (χ2v) is 6.00. The van der Waals surface area contributed by atoms with Gasteiger partial charge < -0.3 is 15.2 Å². The lowest BCUT2D eigenvalue weighted by molar-refractivity contribution is 0.213. The maximum atomic E-state index is 14.3. The third kappa shape index (κ3) is 4.10. The molecule has 0 aliphatic rings. The summed E-state index contributed by atoms with van der Waals surface area (Å²) in [5.41, 5.74) is 5.56. The highest BCUT2D eigenvalue weighted by Crippen LogP contribution is 2.38. The fraction of sp³-hybridized carbons (Fsp3) is 0.600. The van der Waals surface area contributed by atoms with Crippen LogP contribution in [-0.4, -0.2) is 19.8 Å². The van der Waals surface area contributed by atoms with E-state index in [9.17, 15) is 4.39 Å². The minimum Gasteiger partial charge on any atom is -0.496 e. The van der Waals surface area contributed by atoms with Crippen molar-refractivity contribution < 1.29 is 13.9 Å². The van der Waals surface area contributed by atoms with E-state index < -0.39 is 5.67 Å². The largest absolute Gasteiger partial charge is 0.496 e. The molecule has 0 aliphatic carbocycles. The predicted molar refractivity (Wildman–Crippen MR) is 75.7 cm³/mol. The van der Waals surface area contributed by atoms with E-state index in [-0.39, 0.29) is 5.54 Å². The van der Waals surface area contributed by atoms with Crippen molar-refractivity contribution in [3.05, 3.63) is 23.3 Å². The molecule has 0 aliphatic heterocycles. The third-order valence-corrected chi connectivity index (χ3v) is 2.89. The number of alkyl halides is 1. The molecule has 0 radical (unpaired) electrons. The maximum absolute atomic E-state index is 14.3. The molecule has 108 valence electrons. The van der Waals surface area contributed by atoms with Crippen molar-refractivity contribution >= 4 is 0 Å². The molecule has 0 unspecified atom stereocenters. The van der Waals surface area contributed by atoms with Gasteiger partial charge in [-0.1, -0.05) is 0 Å². The molecule has 0 spiro atoms. The smallest absolute Gasteiger partial charge is 0.134 e. The first-order valence-electron chi connectivity index (χ1n) is 6.31. The van der Waals surface area contributed by atoms with Crippen LogP contribution in [0.4, 0.5) is 4.39 Å². The average molecular weight is 269 g/mol. The minimum atomic E-state index is -1.48. The lowest BCUT2D eigenvalue weighted by atomic mass is 9.90. The Morgan fingerprint density at radius 2 is 1.58 bits per heavy atom. The summed E-state index contributed by atoms with van der Waals surface area (Å²) in [7, 11) is 3.11. The Kier molecular flexibility index (Phi) is 4.46. The van der Waals surface area contributed by atoms with E-state index >= 15 is 0 Å². The fourth-order valence-corrected chi connectivity index (χ4v) is 2.06. The van der Waals surface area contributed by atoms with Gasteiger partial charge in [-0.2, -0.15) is 0 Å². The molecule has 0 amide bonds. The summed E-state index contributed by atoms with van der Waals surface area (Å²) in [5, 5.41) is 0. The number of rotatable bonds is 5. The van der Waals surface area contributed by atoms with E-state index in [4.69, 9.17) is 15.2 Å². The summed E-state index contributed by atoms with van der Waals surface area (Å²) >= 11 is 0. The Labute approximate surface area is 114 Å². The van der Waals surface area contributed by atoms with Crippen molar-refractivity contribution in [3.8, 4) is 11.5 Å². The monoisotopic (exact) mass is 269 g/mol. The van der Waals surface area contributed by atoms with E-state index in [1.165, 1.54) is 21.0 Å². The molecule has 0 fully saturated rings. The van der Waals surface area contributed by atoms with Gasteiger partial charge in [0.25, 0.3) is 0 Å². The van der Waals surface area contributed by atoms with Gasteiger partial charge >= 0.3 is 0 Å². The van der Waals surface area contributed by atoms with Gasteiger partial charge in [-0.3, -0.25) is 0 Å². The van der Waals surface area contributed by atoms with Gasteiger partial charge in [0.15, 0.2) is 0 Å². The molecule has 0 aromatic heterocycles. The number of benzene rings is 1. The van der Waals surface area contributed by atoms with Gasteiger partial charge in [0.1, 0.15) is 17.2 Å². The average Bonchev–Trinajstić information content (AvgIpc) is 2.25. The number of ether oxygens (including phenoxy) is 2. The van der Waals surface area contributed by atoms with Gasteiger partial charge in [-0.05, 0) is 45.7 Å². The number of nitrogens with two attached hydrogens (primary N) is 1. The summed E-state index contributed by atoms with van der Waals surface area (Å²) in [4.78, 5) is 0. The molecule has 4 heteroatoms. The van der Waals surface area contributed by atoms with Crippen molar-refractivity contribution in [2.24, 2.45) is 5.73 Å². The molecule has 0 saturated carbocycles. The molecular formula is C15H24FNO2. The Morgan fingerprint density at radius 3 is 1.95 bits per heavy atom. The quantitative estimate of drug-likeness (QED) is 0.892. The van der Waals surface area contributed by atoms with Crippen LogP contribution in [0.25, 0.3) is 0 Å². The molecule has 0 atom stereocenters. The predicted octanol–water partition coefficient (Wildman–Crippen LogP) is 3.19. The summed E-state index contributed by atoms with van der Waals surface area (Å²) in [5.74, 6) is 1.16. The van der Waals surface area contributed by atoms with Crippen LogP contribution in [0.2, 0.25) is 0 Å². The van der Waals surface area contributed by atoms with Crippen LogP contribution in [0.15, 0.2) is 12.1 Å². The fourth-order valence-electron chi connectivity index (χ4n) is 2.06. The number of methoxy groups -OCH3 is 2. The van der Waals surface area contributed by atoms with Crippen molar-refractivity contribution in [2.45, 2.75) is 45.3 Å². The first-order valence-corrected chi connectivity index (χ1v) is 6.31. The van der Waals surface area contributed by atoms with Crippen LogP contribution in [0.3, 0.4) is 0 Å². The topological polar surface area (TPSA) is 44.5 Å². The normalized spacial score (nSPS) is 12.4. The summed E-state index contributed by atoms with van der Waals surface area (Å²) in [6.07, 6.45) is 0.600. The van der Waals surface area contributed by atoms with Gasteiger partial charge in [-0.15, -0.1) is 0 Å². The van der Waals surface area contributed by atoms with E-state index in [0.29, 0.717) is 23.5 Å². The number of hydrogen-bond acceptors (Lipinski definition) is 3. The van der Waals surface area contributed by atoms with Crippen LogP contribution in [0, 0.1) is 0 Å². The second-order valence-electron chi connectivity index (χ2n) is 6.00. The van der Waals surface area contributed by atoms with Crippen molar-refractivity contribution in [1.82, 2.24) is 0 Å². The Balaban J connectivity index is 3.38. The second kappa shape index (κ2) is 5.37. The SMILES string of the molecule is COc1cc(OC)c(C(C)(C)F)cc1CC(C)(C)N. The zero-order chi connectivity index (χ0) is 14.8. The Hall–Kier alpha value is -1.29. The molecule has 0 bridgehead atoms. The van der Waals surface area contributed by atoms with Crippen LogP contribution < -0.4 is 15.2 Å². The van der Waals surface area contributed by atoms with Crippen molar-refractivity contribution in [2.75, 3.05) is 14.2 Å². The van der Waals surface area contributed by atoms with Crippen molar-refractivity contribution in [1.29, 1.82) is 0 Å². The molecule has 0 heterocycles. The highest BCUT2D eigenvalue weighted by Gasteiger charge is 2.26. The van der Waals surface area contributed by atoms with Crippen LogP contribution in [0.1, 0.15) is 38.8 Å². The maximum Gasteiger partial charge on any atom is 0.134 e. The lowest BCUT2D eigenvalue weighted by Crippen LogP contribution is -2.34. The zero-order valence-electron chi connectivity index (χ0n) is 12.6. The zero-order valence-corrected chi connectivity index (χ0v) is 12.6. The number of hydrogen-bond donors (Lipinski definition) is 1. The molecule has 2 N–H and O–H groups in total. The lowest BCUT2D eigenvalue weighted by Gasteiger charge is -2.24. The molecule has 3 nitrogen and oxygen atoms in total. The van der Waals surface area contributed by atoms with Gasteiger partial charge in [0, 0.05) is 17.2 Å². The Bertz CT molecular complexity index is 445. The molecule has 1 aromatic carbocycles. The van der Waals surface area contributed by atoms with Crippen LogP contribution in [0.5, 0.6) is 11.5 Å². The van der Waals surface area contributed by atoms with Gasteiger partial charge in [0.2, 0.25) is 0 Å². The van der Waals surface area contributed by atoms with E-state index in [0.717, 1.165) is 5.56 Å². The van der Waals surface area contributed by atoms with Crippen LogP contribution in [-0.2, 0) is 12.1 Å². The molecule has 1 rings (SSSR count). The standard InChI is InChI=1S/C15H24FNO2/c1-14(2,17)9-10-7-11(15(3,4)16)13(19-6)8-12(10)18-5/h7-8H,9,17H2,1-6H3. The van der Waals surface area contributed by atoms with Crippen LogP contribution >= 0.6 is 0 Å². The summed E-state index contributed by atoms with van der Waals surface area (Å²) in [6, 6.07) is 3.50. The highest BCUT2D eigenvalue weighted by atomic mass is 19.1. The van der Waals surface area contributed by atoms with E-state index in [1.807, 2.05) is 13.8 Å². The van der Waals surface area contributed by atoms with E-state index in [2.05, 4.69) is 0 Å². The minimum absolute atomic E-state index is 0.389. The number of halogens is 1. The van der Waals surface area contributed by atoms with E-state index in [1.54, 1.807) is 19.2 Å². The van der Waals surface area contributed by atoms with Gasteiger partial charge in [-0.25, -0.2) is 4.39 Å². The molecular weight excluding hydrogens is 245 g/mol.